The first-order valence-corrected chi connectivity index (χ1v) is 6.89. The maximum atomic E-state index is 11.5. The van der Waals surface area contributed by atoms with E-state index in [4.69, 9.17) is 4.74 Å². The van der Waals surface area contributed by atoms with Crippen LogP contribution in [0.2, 0.25) is 0 Å². The lowest BCUT2D eigenvalue weighted by molar-refractivity contribution is -0.128. The van der Waals surface area contributed by atoms with Crippen LogP contribution in [0.1, 0.15) is 4.88 Å². The van der Waals surface area contributed by atoms with Crippen molar-refractivity contribution in [2.75, 3.05) is 0 Å². The molecular weight excluding hydrogens is 347 g/mol. The van der Waals surface area contributed by atoms with Crippen LogP contribution >= 0.6 is 33.9 Å². The maximum absolute atomic E-state index is 11.5. The summed E-state index contributed by atoms with van der Waals surface area (Å²) >= 11 is 3.78. The van der Waals surface area contributed by atoms with Gasteiger partial charge in [0, 0.05) is 14.5 Å². The first-order chi connectivity index (χ1) is 8.24. The van der Waals surface area contributed by atoms with Crippen molar-refractivity contribution in [3.8, 4) is 5.75 Å². The summed E-state index contributed by atoms with van der Waals surface area (Å²) in [6.07, 6.45) is 3.18. The van der Waals surface area contributed by atoms with Crippen molar-refractivity contribution in [2.45, 2.75) is 0 Å². The lowest BCUT2D eigenvalue weighted by Crippen LogP contribution is -2.03. The van der Waals surface area contributed by atoms with Gasteiger partial charge in [0.25, 0.3) is 0 Å². The molecule has 1 aromatic heterocycles. The molecule has 0 aliphatic rings. The number of carbonyl (C=O) groups excluding carboxylic acids is 1. The fraction of sp³-hybridized carbons (Fsp3) is 0. The molecule has 4 heteroatoms. The Balaban J connectivity index is 1.95. The van der Waals surface area contributed by atoms with Crippen LogP contribution in [0.3, 0.4) is 0 Å². The molecular formula is C13H9IO2S. The summed E-state index contributed by atoms with van der Waals surface area (Å²) in [6.45, 7) is 0. The minimum Gasteiger partial charge on any atom is -0.423 e. The zero-order valence-electron chi connectivity index (χ0n) is 8.80. The number of hydrogen-bond donors (Lipinski definition) is 0. The van der Waals surface area contributed by atoms with Crippen molar-refractivity contribution in [3.05, 3.63) is 56.3 Å². The predicted molar refractivity (Wildman–Crippen MR) is 78.1 cm³/mol. The Kier molecular flexibility index (Phi) is 4.33. The highest BCUT2D eigenvalue weighted by Gasteiger charge is 2.00. The van der Waals surface area contributed by atoms with Crippen molar-refractivity contribution in [2.24, 2.45) is 0 Å². The second-order valence-corrected chi connectivity index (χ2v) is 5.45. The second kappa shape index (κ2) is 5.97. The zero-order chi connectivity index (χ0) is 12.1. The molecule has 0 N–H and O–H groups in total. The van der Waals surface area contributed by atoms with Crippen LogP contribution in [0.25, 0.3) is 6.08 Å². The molecule has 0 radical (unpaired) electrons. The van der Waals surface area contributed by atoms with Gasteiger partial charge in [-0.1, -0.05) is 6.07 Å². The number of halogens is 1. The molecule has 0 aliphatic heterocycles. The van der Waals surface area contributed by atoms with Crippen LogP contribution in [0.5, 0.6) is 5.75 Å². The molecule has 0 fully saturated rings. The molecule has 0 aliphatic carbocycles. The van der Waals surface area contributed by atoms with E-state index in [2.05, 4.69) is 22.6 Å². The van der Waals surface area contributed by atoms with Gasteiger partial charge in [0.15, 0.2) is 0 Å². The number of esters is 1. The van der Waals surface area contributed by atoms with Crippen molar-refractivity contribution in [3.63, 3.8) is 0 Å². The maximum Gasteiger partial charge on any atom is 0.336 e. The van der Waals surface area contributed by atoms with Gasteiger partial charge in [-0.3, -0.25) is 0 Å². The van der Waals surface area contributed by atoms with E-state index in [0.29, 0.717) is 5.75 Å². The molecule has 0 saturated heterocycles. The highest BCUT2D eigenvalue weighted by atomic mass is 127. The summed E-state index contributed by atoms with van der Waals surface area (Å²) in [5.41, 5.74) is 0. The van der Waals surface area contributed by atoms with E-state index in [1.165, 1.54) is 6.08 Å². The third-order valence-electron chi connectivity index (χ3n) is 1.96. The standard InChI is InChI=1S/C13H9IO2S/c14-10-3-5-11(6-4-10)16-13(15)8-7-12-2-1-9-17-12/h1-9H. The smallest absolute Gasteiger partial charge is 0.336 e. The summed E-state index contributed by atoms with van der Waals surface area (Å²) in [5, 5.41) is 1.96. The average Bonchev–Trinajstić information content (AvgIpc) is 2.83. The monoisotopic (exact) mass is 356 g/mol. The van der Waals surface area contributed by atoms with E-state index in [-0.39, 0.29) is 5.97 Å². The minimum absolute atomic E-state index is 0.361. The topological polar surface area (TPSA) is 26.3 Å². The number of rotatable bonds is 3. The Morgan fingerprint density at radius 2 is 2.00 bits per heavy atom. The molecule has 0 unspecified atom stereocenters. The number of hydrogen-bond acceptors (Lipinski definition) is 3. The van der Waals surface area contributed by atoms with Gasteiger partial charge in [-0.05, 0) is 64.4 Å². The number of thiophene rings is 1. The molecule has 0 amide bonds. The van der Waals surface area contributed by atoms with Gasteiger partial charge in [0.05, 0.1) is 0 Å². The van der Waals surface area contributed by atoms with Gasteiger partial charge in [0.2, 0.25) is 0 Å². The second-order valence-electron chi connectivity index (χ2n) is 3.22. The van der Waals surface area contributed by atoms with Crippen LogP contribution in [-0.4, -0.2) is 5.97 Å². The van der Waals surface area contributed by atoms with Crippen molar-refractivity contribution >= 4 is 46.0 Å². The van der Waals surface area contributed by atoms with Crippen molar-refractivity contribution in [1.29, 1.82) is 0 Å². The molecule has 0 spiro atoms. The molecule has 17 heavy (non-hydrogen) atoms. The molecule has 0 bridgehead atoms. The summed E-state index contributed by atoms with van der Waals surface area (Å²) in [4.78, 5) is 12.5. The highest BCUT2D eigenvalue weighted by molar-refractivity contribution is 14.1. The Morgan fingerprint density at radius 1 is 1.24 bits per heavy atom. The number of ether oxygens (including phenoxy) is 1. The molecule has 2 aromatic rings. The quantitative estimate of drug-likeness (QED) is 0.360. The summed E-state index contributed by atoms with van der Waals surface area (Å²) in [6, 6.07) is 11.2. The number of carbonyl (C=O) groups is 1. The fourth-order valence-corrected chi connectivity index (χ4v) is 2.17. The summed E-state index contributed by atoms with van der Waals surface area (Å²) in [7, 11) is 0. The Hall–Kier alpha value is -1.14. The molecule has 2 rings (SSSR count). The van der Waals surface area contributed by atoms with E-state index >= 15 is 0 Å². The first kappa shape index (κ1) is 12.3. The molecule has 0 atom stereocenters. The van der Waals surface area contributed by atoms with Gasteiger partial charge in [-0.15, -0.1) is 11.3 Å². The SMILES string of the molecule is O=C(C=Cc1cccs1)Oc1ccc(I)cc1. The minimum atomic E-state index is -0.361. The van der Waals surface area contributed by atoms with E-state index < -0.39 is 0 Å². The molecule has 1 aromatic carbocycles. The van der Waals surface area contributed by atoms with Crippen LogP contribution in [0.15, 0.2) is 47.9 Å². The Bertz CT molecular complexity index is 515. The van der Waals surface area contributed by atoms with Gasteiger partial charge >= 0.3 is 5.97 Å². The van der Waals surface area contributed by atoms with Crippen LogP contribution in [0, 0.1) is 3.57 Å². The lowest BCUT2D eigenvalue weighted by atomic mass is 10.3. The van der Waals surface area contributed by atoms with Gasteiger partial charge < -0.3 is 4.74 Å². The molecule has 86 valence electrons. The van der Waals surface area contributed by atoms with E-state index in [9.17, 15) is 4.79 Å². The summed E-state index contributed by atoms with van der Waals surface area (Å²) < 4.78 is 6.25. The largest absolute Gasteiger partial charge is 0.423 e. The third kappa shape index (κ3) is 3.98. The van der Waals surface area contributed by atoms with Crippen LogP contribution in [-0.2, 0) is 4.79 Å². The molecule has 0 saturated carbocycles. The lowest BCUT2D eigenvalue weighted by Gasteiger charge is -2.00. The van der Waals surface area contributed by atoms with E-state index in [1.807, 2.05) is 29.6 Å². The summed E-state index contributed by atoms with van der Waals surface area (Å²) in [5.74, 6) is 0.200. The highest BCUT2D eigenvalue weighted by Crippen LogP contribution is 2.14. The molecule has 2 nitrogen and oxygen atoms in total. The Morgan fingerprint density at radius 3 is 2.65 bits per heavy atom. The normalized spacial score (nSPS) is 10.6. The Labute approximate surface area is 117 Å². The van der Waals surface area contributed by atoms with Crippen molar-refractivity contribution < 1.29 is 9.53 Å². The fourth-order valence-electron chi connectivity index (χ4n) is 1.19. The van der Waals surface area contributed by atoms with Gasteiger partial charge in [0.1, 0.15) is 5.75 Å². The van der Waals surface area contributed by atoms with Gasteiger partial charge in [-0.2, -0.15) is 0 Å². The number of benzene rings is 1. The molecule has 1 heterocycles. The predicted octanol–water partition coefficient (Wildman–Crippen LogP) is 3.97. The van der Waals surface area contributed by atoms with Crippen LogP contribution in [0.4, 0.5) is 0 Å². The van der Waals surface area contributed by atoms with E-state index in [1.54, 1.807) is 29.5 Å². The van der Waals surface area contributed by atoms with Gasteiger partial charge in [-0.25, -0.2) is 4.79 Å². The van der Waals surface area contributed by atoms with Crippen LogP contribution < -0.4 is 4.74 Å². The van der Waals surface area contributed by atoms with Crippen molar-refractivity contribution in [1.82, 2.24) is 0 Å². The first-order valence-electron chi connectivity index (χ1n) is 4.93. The average molecular weight is 356 g/mol. The third-order valence-corrected chi connectivity index (χ3v) is 3.52. The zero-order valence-corrected chi connectivity index (χ0v) is 11.8. The van der Waals surface area contributed by atoms with E-state index in [0.717, 1.165) is 8.45 Å².